The van der Waals surface area contributed by atoms with Gasteiger partial charge < -0.3 is 10.2 Å². The van der Waals surface area contributed by atoms with Crippen molar-refractivity contribution in [3.05, 3.63) is 33.8 Å². The van der Waals surface area contributed by atoms with Gasteiger partial charge in [-0.1, -0.05) is 42.5 Å². The topological polar surface area (TPSA) is 49.4 Å². The zero-order valence-corrected chi connectivity index (χ0v) is 15.8. The first-order valence-electron chi connectivity index (χ1n) is 9.09. The Labute approximate surface area is 158 Å². The highest BCUT2D eigenvalue weighted by molar-refractivity contribution is 6.42. The molecule has 1 saturated heterocycles. The van der Waals surface area contributed by atoms with Crippen LogP contribution in [-0.2, 0) is 4.79 Å². The SMILES string of the molecule is O=C(NC1CCN(C(=O)c2ccc(Cl)c(Cl)c2)CC1)C1CCCCC1. The molecule has 25 heavy (non-hydrogen) atoms. The summed E-state index contributed by atoms with van der Waals surface area (Å²) in [6.45, 7) is 1.30. The molecule has 0 atom stereocenters. The van der Waals surface area contributed by atoms with Crippen LogP contribution in [0.3, 0.4) is 0 Å². The molecule has 1 aliphatic heterocycles. The van der Waals surface area contributed by atoms with Crippen LogP contribution in [0.15, 0.2) is 18.2 Å². The van der Waals surface area contributed by atoms with Gasteiger partial charge in [-0.15, -0.1) is 0 Å². The predicted molar refractivity (Wildman–Crippen MR) is 100 cm³/mol. The first-order chi connectivity index (χ1) is 12.0. The standard InChI is InChI=1S/C19H24Cl2N2O2/c20-16-7-6-14(12-17(16)21)19(25)23-10-8-15(9-11-23)22-18(24)13-4-2-1-3-5-13/h6-7,12-13,15H,1-5,8-11H2,(H,22,24). The van der Waals surface area contributed by atoms with Crippen LogP contribution < -0.4 is 5.32 Å². The van der Waals surface area contributed by atoms with E-state index in [1.54, 1.807) is 18.2 Å². The van der Waals surface area contributed by atoms with Crippen LogP contribution in [0.1, 0.15) is 55.3 Å². The Balaban J connectivity index is 1.50. The lowest BCUT2D eigenvalue weighted by Crippen LogP contribution is -2.48. The average Bonchev–Trinajstić information content (AvgIpc) is 2.65. The fourth-order valence-electron chi connectivity index (χ4n) is 3.72. The van der Waals surface area contributed by atoms with Gasteiger partial charge in [-0.3, -0.25) is 9.59 Å². The summed E-state index contributed by atoms with van der Waals surface area (Å²) < 4.78 is 0. The van der Waals surface area contributed by atoms with Crippen molar-refractivity contribution < 1.29 is 9.59 Å². The van der Waals surface area contributed by atoms with E-state index in [0.717, 1.165) is 38.5 Å². The van der Waals surface area contributed by atoms with Crippen molar-refractivity contribution in [1.82, 2.24) is 10.2 Å². The molecule has 2 fully saturated rings. The number of nitrogens with one attached hydrogen (secondary N) is 1. The van der Waals surface area contributed by atoms with Crippen LogP contribution in [0, 0.1) is 5.92 Å². The molecule has 1 saturated carbocycles. The van der Waals surface area contributed by atoms with Crippen molar-refractivity contribution in [2.75, 3.05) is 13.1 Å². The maximum absolute atomic E-state index is 12.6. The molecule has 1 aliphatic carbocycles. The molecule has 3 rings (SSSR count). The smallest absolute Gasteiger partial charge is 0.253 e. The summed E-state index contributed by atoms with van der Waals surface area (Å²) in [4.78, 5) is 26.8. The lowest BCUT2D eigenvalue weighted by molar-refractivity contribution is -0.126. The van der Waals surface area contributed by atoms with Gasteiger partial charge in [0.2, 0.25) is 5.91 Å². The molecule has 1 N–H and O–H groups in total. The highest BCUT2D eigenvalue weighted by Crippen LogP contribution is 2.25. The number of piperidine rings is 1. The first-order valence-corrected chi connectivity index (χ1v) is 9.85. The number of halogens is 2. The van der Waals surface area contributed by atoms with E-state index in [0.29, 0.717) is 28.7 Å². The fourth-order valence-corrected chi connectivity index (χ4v) is 4.02. The van der Waals surface area contributed by atoms with Crippen molar-refractivity contribution in [1.29, 1.82) is 0 Å². The van der Waals surface area contributed by atoms with Gasteiger partial charge in [0.15, 0.2) is 0 Å². The van der Waals surface area contributed by atoms with E-state index in [9.17, 15) is 9.59 Å². The molecule has 2 aliphatic rings. The number of benzene rings is 1. The van der Waals surface area contributed by atoms with Gasteiger partial charge in [-0.2, -0.15) is 0 Å². The number of likely N-dealkylation sites (tertiary alicyclic amines) is 1. The molecule has 0 bridgehead atoms. The summed E-state index contributed by atoms with van der Waals surface area (Å²) >= 11 is 11.9. The number of hydrogen-bond donors (Lipinski definition) is 1. The van der Waals surface area contributed by atoms with Crippen LogP contribution >= 0.6 is 23.2 Å². The van der Waals surface area contributed by atoms with E-state index in [4.69, 9.17) is 23.2 Å². The van der Waals surface area contributed by atoms with E-state index in [2.05, 4.69) is 5.32 Å². The third-order valence-corrected chi connectivity index (χ3v) is 6.01. The van der Waals surface area contributed by atoms with Gasteiger partial charge in [-0.05, 0) is 43.9 Å². The maximum atomic E-state index is 12.6. The number of amides is 2. The van der Waals surface area contributed by atoms with E-state index >= 15 is 0 Å². The second-order valence-electron chi connectivity index (χ2n) is 7.04. The molecule has 0 radical (unpaired) electrons. The van der Waals surface area contributed by atoms with Gasteiger partial charge in [0, 0.05) is 30.6 Å². The molecule has 1 aromatic rings. The quantitative estimate of drug-likeness (QED) is 0.846. The Hall–Kier alpha value is -1.26. The molecule has 0 aromatic heterocycles. The van der Waals surface area contributed by atoms with Crippen molar-refractivity contribution in [3.63, 3.8) is 0 Å². The molecule has 4 nitrogen and oxygen atoms in total. The van der Waals surface area contributed by atoms with Crippen LogP contribution in [-0.4, -0.2) is 35.8 Å². The second kappa shape index (κ2) is 8.41. The highest BCUT2D eigenvalue weighted by atomic mass is 35.5. The predicted octanol–water partition coefficient (Wildman–Crippen LogP) is 4.29. The largest absolute Gasteiger partial charge is 0.353 e. The maximum Gasteiger partial charge on any atom is 0.253 e. The highest BCUT2D eigenvalue weighted by Gasteiger charge is 2.27. The summed E-state index contributed by atoms with van der Waals surface area (Å²) in [6, 6.07) is 5.14. The van der Waals surface area contributed by atoms with Crippen molar-refractivity contribution in [2.24, 2.45) is 5.92 Å². The Morgan fingerprint density at radius 3 is 2.28 bits per heavy atom. The van der Waals surface area contributed by atoms with Gasteiger partial charge >= 0.3 is 0 Å². The number of carbonyl (C=O) groups excluding carboxylic acids is 2. The number of rotatable bonds is 3. The van der Waals surface area contributed by atoms with E-state index in [1.165, 1.54) is 6.42 Å². The Kier molecular flexibility index (Phi) is 6.24. The normalized spacial score (nSPS) is 19.7. The molecule has 1 heterocycles. The van der Waals surface area contributed by atoms with Crippen molar-refractivity contribution in [2.45, 2.75) is 51.0 Å². The third-order valence-electron chi connectivity index (χ3n) is 5.27. The molecule has 1 aromatic carbocycles. The minimum Gasteiger partial charge on any atom is -0.353 e. The van der Waals surface area contributed by atoms with Gasteiger partial charge in [0.05, 0.1) is 10.0 Å². The molecular weight excluding hydrogens is 359 g/mol. The van der Waals surface area contributed by atoms with Crippen LogP contribution in [0.4, 0.5) is 0 Å². The molecule has 0 unspecified atom stereocenters. The number of carbonyl (C=O) groups is 2. The Morgan fingerprint density at radius 2 is 1.64 bits per heavy atom. The van der Waals surface area contributed by atoms with Crippen molar-refractivity contribution in [3.8, 4) is 0 Å². The Bertz CT molecular complexity index is 636. The summed E-state index contributed by atoms with van der Waals surface area (Å²) in [7, 11) is 0. The van der Waals surface area contributed by atoms with E-state index < -0.39 is 0 Å². The number of nitrogens with zero attached hydrogens (tertiary/aromatic N) is 1. The second-order valence-corrected chi connectivity index (χ2v) is 7.85. The average molecular weight is 383 g/mol. The summed E-state index contributed by atoms with van der Waals surface area (Å²) in [5.74, 6) is 0.356. The first kappa shape index (κ1) is 18.5. The zero-order valence-electron chi connectivity index (χ0n) is 14.3. The van der Waals surface area contributed by atoms with Crippen LogP contribution in [0.5, 0.6) is 0 Å². The van der Waals surface area contributed by atoms with E-state index in [1.807, 2.05) is 4.90 Å². The van der Waals surface area contributed by atoms with Crippen molar-refractivity contribution >= 4 is 35.0 Å². The zero-order chi connectivity index (χ0) is 17.8. The summed E-state index contributed by atoms with van der Waals surface area (Å²) in [6.07, 6.45) is 7.19. The van der Waals surface area contributed by atoms with Gasteiger partial charge in [0.1, 0.15) is 0 Å². The summed E-state index contributed by atoms with van der Waals surface area (Å²) in [5, 5.41) is 4.03. The van der Waals surface area contributed by atoms with E-state index in [-0.39, 0.29) is 23.8 Å². The number of hydrogen-bond acceptors (Lipinski definition) is 2. The Morgan fingerprint density at radius 1 is 0.960 bits per heavy atom. The molecule has 136 valence electrons. The lowest BCUT2D eigenvalue weighted by Gasteiger charge is -2.33. The molecular formula is C19H24Cl2N2O2. The minimum absolute atomic E-state index is 0.0318. The van der Waals surface area contributed by atoms with Gasteiger partial charge in [0.25, 0.3) is 5.91 Å². The molecule has 2 amide bonds. The summed E-state index contributed by atoms with van der Waals surface area (Å²) in [5.41, 5.74) is 0.555. The monoisotopic (exact) mass is 382 g/mol. The van der Waals surface area contributed by atoms with Crippen LogP contribution in [0.2, 0.25) is 10.0 Å². The lowest BCUT2D eigenvalue weighted by atomic mass is 9.88. The fraction of sp³-hybridized carbons (Fsp3) is 0.579. The van der Waals surface area contributed by atoms with Crippen LogP contribution in [0.25, 0.3) is 0 Å². The van der Waals surface area contributed by atoms with Gasteiger partial charge in [-0.25, -0.2) is 0 Å². The minimum atomic E-state index is -0.0318. The molecule has 0 spiro atoms. The molecule has 6 heteroatoms. The third kappa shape index (κ3) is 4.68.